The van der Waals surface area contributed by atoms with Crippen molar-refractivity contribution in [3.8, 4) is 0 Å². The molecule has 1 aromatic rings. The van der Waals surface area contributed by atoms with Crippen molar-refractivity contribution >= 4 is 11.9 Å². The van der Waals surface area contributed by atoms with Gasteiger partial charge in [-0.1, -0.05) is 12.1 Å². The van der Waals surface area contributed by atoms with E-state index in [2.05, 4.69) is 5.32 Å². The number of benzene rings is 1. The second kappa shape index (κ2) is 6.48. The number of hydrogen-bond acceptors (Lipinski definition) is 3. The van der Waals surface area contributed by atoms with Crippen LogP contribution in [-0.4, -0.2) is 36.2 Å². The van der Waals surface area contributed by atoms with Crippen LogP contribution in [0.15, 0.2) is 18.2 Å². The first-order valence-electron chi connectivity index (χ1n) is 7.89. The SMILES string of the molecule is O=C(N[C@H](C(=O)O)[C@@H]1CCCOC1)c1cccc2c1CCC2. The lowest BCUT2D eigenvalue weighted by atomic mass is 9.93. The number of aryl methyl sites for hydroxylation is 1. The summed E-state index contributed by atoms with van der Waals surface area (Å²) in [5, 5.41) is 12.2. The van der Waals surface area contributed by atoms with Crippen molar-refractivity contribution in [1.82, 2.24) is 5.32 Å². The molecule has 5 nitrogen and oxygen atoms in total. The number of amides is 1. The van der Waals surface area contributed by atoms with Crippen LogP contribution < -0.4 is 5.32 Å². The van der Waals surface area contributed by atoms with Crippen molar-refractivity contribution in [2.24, 2.45) is 5.92 Å². The molecule has 3 rings (SSSR count). The van der Waals surface area contributed by atoms with E-state index in [1.54, 1.807) is 6.07 Å². The van der Waals surface area contributed by atoms with Gasteiger partial charge in [-0.05, 0) is 49.3 Å². The standard InChI is InChI=1S/C17H21NO4/c19-16(14-8-2-5-11-4-1-7-13(11)14)18-15(17(20)21)12-6-3-9-22-10-12/h2,5,8,12,15H,1,3-4,6-7,9-10H2,(H,18,19)(H,20,21)/t12-,15+/m1/s1. The van der Waals surface area contributed by atoms with Crippen LogP contribution in [0.3, 0.4) is 0 Å². The third kappa shape index (κ3) is 2.99. The summed E-state index contributed by atoms with van der Waals surface area (Å²) >= 11 is 0. The van der Waals surface area contributed by atoms with Crippen molar-refractivity contribution in [3.05, 3.63) is 34.9 Å². The third-order valence-corrected chi connectivity index (χ3v) is 4.61. The quantitative estimate of drug-likeness (QED) is 0.889. The Bertz CT molecular complexity index is 578. The minimum absolute atomic E-state index is 0.160. The van der Waals surface area contributed by atoms with Gasteiger partial charge in [0.05, 0.1) is 6.61 Å². The van der Waals surface area contributed by atoms with Crippen LogP contribution in [0, 0.1) is 5.92 Å². The van der Waals surface area contributed by atoms with Crippen LogP contribution in [0.5, 0.6) is 0 Å². The van der Waals surface area contributed by atoms with Crippen molar-refractivity contribution in [2.45, 2.75) is 38.1 Å². The van der Waals surface area contributed by atoms with Crippen LogP contribution in [0.1, 0.15) is 40.7 Å². The molecule has 1 aromatic carbocycles. The van der Waals surface area contributed by atoms with Crippen molar-refractivity contribution in [2.75, 3.05) is 13.2 Å². The Morgan fingerprint density at radius 2 is 2.14 bits per heavy atom. The minimum Gasteiger partial charge on any atom is -0.480 e. The van der Waals surface area contributed by atoms with E-state index in [-0.39, 0.29) is 11.8 Å². The monoisotopic (exact) mass is 303 g/mol. The Hall–Kier alpha value is -1.88. The van der Waals surface area contributed by atoms with E-state index in [1.807, 2.05) is 12.1 Å². The zero-order valence-electron chi connectivity index (χ0n) is 12.5. The van der Waals surface area contributed by atoms with E-state index in [0.717, 1.165) is 37.7 Å². The molecule has 0 radical (unpaired) electrons. The number of hydrogen-bond donors (Lipinski definition) is 2. The van der Waals surface area contributed by atoms with Crippen LogP contribution in [0.4, 0.5) is 0 Å². The molecular formula is C17H21NO4. The number of carboxylic acids is 1. The number of fused-ring (bicyclic) bond motifs is 1. The molecule has 0 bridgehead atoms. The highest BCUT2D eigenvalue weighted by molar-refractivity contribution is 5.98. The molecule has 22 heavy (non-hydrogen) atoms. The maximum absolute atomic E-state index is 12.5. The highest BCUT2D eigenvalue weighted by Crippen LogP contribution is 2.26. The van der Waals surface area contributed by atoms with Gasteiger partial charge >= 0.3 is 5.97 Å². The molecular weight excluding hydrogens is 282 g/mol. The zero-order chi connectivity index (χ0) is 15.5. The molecule has 1 aliphatic carbocycles. The zero-order valence-corrected chi connectivity index (χ0v) is 12.5. The van der Waals surface area contributed by atoms with E-state index in [4.69, 9.17) is 4.74 Å². The average Bonchev–Trinajstić information content (AvgIpc) is 3.01. The summed E-state index contributed by atoms with van der Waals surface area (Å²) in [6, 6.07) is 4.82. The molecule has 1 saturated heterocycles. The van der Waals surface area contributed by atoms with Crippen molar-refractivity contribution < 1.29 is 19.4 Å². The van der Waals surface area contributed by atoms with Gasteiger partial charge in [-0.15, -0.1) is 0 Å². The molecule has 0 aromatic heterocycles. The fraction of sp³-hybridized carbons (Fsp3) is 0.529. The molecule has 118 valence electrons. The van der Waals surface area contributed by atoms with Gasteiger partial charge in [0.2, 0.25) is 0 Å². The molecule has 2 atom stereocenters. The van der Waals surface area contributed by atoms with E-state index >= 15 is 0 Å². The van der Waals surface area contributed by atoms with Crippen molar-refractivity contribution in [1.29, 1.82) is 0 Å². The van der Waals surface area contributed by atoms with Crippen molar-refractivity contribution in [3.63, 3.8) is 0 Å². The number of carbonyl (C=O) groups is 2. The Kier molecular flexibility index (Phi) is 4.43. The maximum Gasteiger partial charge on any atom is 0.326 e. The lowest BCUT2D eigenvalue weighted by molar-refractivity contribution is -0.142. The van der Waals surface area contributed by atoms with Gasteiger partial charge in [0.25, 0.3) is 5.91 Å². The smallest absolute Gasteiger partial charge is 0.326 e. The molecule has 2 aliphatic rings. The molecule has 0 saturated carbocycles. The Labute approximate surface area is 129 Å². The Morgan fingerprint density at radius 3 is 2.86 bits per heavy atom. The summed E-state index contributed by atoms with van der Waals surface area (Å²) in [6.45, 7) is 1.06. The molecule has 1 amide bonds. The first kappa shape index (κ1) is 15.0. The number of rotatable bonds is 4. The molecule has 1 heterocycles. The molecule has 1 fully saturated rings. The summed E-state index contributed by atoms with van der Waals surface area (Å²) in [4.78, 5) is 24.1. The number of carboxylic acid groups (broad SMARTS) is 1. The average molecular weight is 303 g/mol. The van der Waals surface area contributed by atoms with E-state index in [1.165, 1.54) is 5.56 Å². The van der Waals surface area contributed by atoms with E-state index < -0.39 is 12.0 Å². The van der Waals surface area contributed by atoms with Gasteiger partial charge < -0.3 is 15.2 Å². The number of aliphatic carboxylic acids is 1. The van der Waals surface area contributed by atoms with Crippen LogP contribution >= 0.6 is 0 Å². The summed E-state index contributed by atoms with van der Waals surface area (Å²) in [7, 11) is 0. The number of carbonyl (C=O) groups excluding carboxylic acids is 1. The van der Waals surface area contributed by atoms with Crippen LogP contribution in [0.2, 0.25) is 0 Å². The first-order valence-corrected chi connectivity index (χ1v) is 7.89. The maximum atomic E-state index is 12.5. The lowest BCUT2D eigenvalue weighted by Gasteiger charge is -2.28. The van der Waals surface area contributed by atoms with Gasteiger partial charge in [0.1, 0.15) is 6.04 Å². The molecule has 1 aliphatic heterocycles. The molecule has 5 heteroatoms. The summed E-state index contributed by atoms with van der Waals surface area (Å²) < 4.78 is 5.36. The lowest BCUT2D eigenvalue weighted by Crippen LogP contribution is -2.48. The van der Waals surface area contributed by atoms with Gasteiger partial charge in [-0.25, -0.2) is 4.79 Å². The fourth-order valence-corrected chi connectivity index (χ4v) is 3.46. The topological polar surface area (TPSA) is 75.6 Å². The summed E-state index contributed by atoms with van der Waals surface area (Å²) in [5.74, 6) is -1.43. The second-order valence-electron chi connectivity index (χ2n) is 6.06. The summed E-state index contributed by atoms with van der Waals surface area (Å²) in [5.41, 5.74) is 2.91. The summed E-state index contributed by atoms with van der Waals surface area (Å²) in [6.07, 6.45) is 4.55. The molecule has 0 unspecified atom stereocenters. The minimum atomic E-state index is -0.989. The Morgan fingerprint density at radius 1 is 1.27 bits per heavy atom. The van der Waals surface area contributed by atoms with Gasteiger partial charge in [0.15, 0.2) is 0 Å². The molecule has 0 spiro atoms. The van der Waals surface area contributed by atoms with Crippen LogP contribution in [0.25, 0.3) is 0 Å². The number of ether oxygens (including phenoxy) is 1. The fourth-order valence-electron chi connectivity index (χ4n) is 3.46. The first-order chi connectivity index (χ1) is 10.7. The highest BCUT2D eigenvalue weighted by Gasteiger charge is 2.32. The number of nitrogens with one attached hydrogen (secondary N) is 1. The van der Waals surface area contributed by atoms with E-state index in [0.29, 0.717) is 18.8 Å². The molecule has 2 N–H and O–H groups in total. The highest BCUT2D eigenvalue weighted by atomic mass is 16.5. The normalized spacial score (nSPS) is 21.9. The predicted octanol–water partition coefficient (Wildman–Crippen LogP) is 1.78. The van der Waals surface area contributed by atoms with E-state index in [9.17, 15) is 14.7 Å². The van der Waals surface area contributed by atoms with Crippen LogP contribution in [-0.2, 0) is 22.4 Å². The third-order valence-electron chi connectivity index (χ3n) is 4.61. The van der Waals surface area contributed by atoms with Gasteiger partial charge in [-0.2, -0.15) is 0 Å². The predicted molar refractivity (Wildman–Crippen MR) is 80.9 cm³/mol. The largest absolute Gasteiger partial charge is 0.480 e. The second-order valence-corrected chi connectivity index (χ2v) is 6.06. The van der Waals surface area contributed by atoms with Gasteiger partial charge in [0, 0.05) is 18.1 Å². The van der Waals surface area contributed by atoms with Gasteiger partial charge in [-0.3, -0.25) is 4.79 Å². The Balaban J connectivity index is 1.77.